The Morgan fingerprint density at radius 3 is 2.70 bits per heavy atom. The molecule has 0 unspecified atom stereocenters. The third-order valence-corrected chi connectivity index (χ3v) is 4.57. The standard InChI is InChI=1S/C18H16N4O4S/c1-11-16(17(25)26-2)21-18(27-11)20-14(23)10-22-9-13(19-8-15(22)24)12-6-4-3-5-7-12/h3-9H,10H2,1-2H3,(H,20,21,23). The van der Waals surface area contributed by atoms with Crippen LogP contribution < -0.4 is 10.9 Å². The van der Waals surface area contributed by atoms with E-state index in [1.165, 1.54) is 24.1 Å². The third-order valence-electron chi connectivity index (χ3n) is 3.68. The van der Waals surface area contributed by atoms with Gasteiger partial charge in [0, 0.05) is 16.6 Å². The maximum absolute atomic E-state index is 12.3. The monoisotopic (exact) mass is 384 g/mol. The molecule has 0 aliphatic rings. The number of rotatable bonds is 5. The number of nitrogens with zero attached hydrogens (tertiary/aromatic N) is 3. The Labute approximate surface area is 158 Å². The molecule has 0 fully saturated rings. The van der Waals surface area contributed by atoms with Gasteiger partial charge in [0.25, 0.3) is 5.56 Å². The van der Waals surface area contributed by atoms with Gasteiger partial charge in [0.05, 0.1) is 19.0 Å². The van der Waals surface area contributed by atoms with Crippen molar-refractivity contribution < 1.29 is 14.3 Å². The molecule has 3 aromatic rings. The van der Waals surface area contributed by atoms with E-state index in [1.54, 1.807) is 6.92 Å². The summed E-state index contributed by atoms with van der Waals surface area (Å²) in [6.07, 6.45) is 2.71. The van der Waals surface area contributed by atoms with Crippen LogP contribution in [0.4, 0.5) is 5.13 Å². The first-order valence-electron chi connectivity index (χ1n) is 7.95. The zero-order chi connectivity index (χ0) is 19.4. The topological polar surface area (TPSA) is 103 Å². The summed E-state index contributed by atoms with van der Waals surface area (Å²) in [5.41, 5.74) is 1.19. The first-order valence-corrected chi connectivity index (χ1v) is 8.77. The van der Waals surface area contributed by atoms with E-state index < -0.39 is 17.4 Å². The largest absolute Gasteiger partial charge is 0.464 e. The van der Waals surface area contributed by atoms with Crippen LogP contribution in [0.5, 0.6) is 0 Å². The number of ether oxygens (including phenoxy) is 1. The van der Waals surface area contributed by atoms with E-state index in [2.05, 4.69) is 20.0 Å². The van der Waals surface area contributed by atoms with Crippen molar-refractivity contribution in [1.82, 2.24) is 14.5 Å². The molecule has 0 aliphatic heterocycles. The van der Waals surface area contributed by atoms with Crippen LogP contribution in [0.1, 0.15) is 15.4 Å². The Morgan fingerprint density at radius 1 is 1.26 bits per heavy atom. The number of aromatic nitrogens is 3. The molecular weight excluding hydrogens is 368 g/mol. The quantitative estimate of drug-likeness (QED) is 0.676. The fourth-order valence-electron chi connectivity index (χ4n) is 2.37. The number of esters is 1. The van der Waals surface area contributed by atoms with Crippen molar-refractivity contribution in [2.24, 2.45) is 0 Å². The van der Waals surface area contributed by atoms with Gasteiger partial charge < -0.3 is 14.6 Å². The number of benzene rings is 1. The smallest absolute Gasteiger partial charge is 0.357 e. The first-order chi connectivity index (χ1) is 13.0. The SMILES string of the molecule is COC(=O)c1nc(NC(=O)Cn2cc(-c3ccccc3)ncc2=O)sc1C. The molecule has 8 nitrogen and oxygen atoms in total. The summed E-state index contributed by atoms with van der Waals surface area (Å²) in [5.74, 6) is -1.01. The number of anilines is 1. The average Bonchev–Trinajstić information content (AvgIpc) is 3.03. The van der Waals surface area contributed by atoms with Gasteiger partial charge >= 0.3 is 5.97 Å². The molecule has 2 heterocycles. The summed E-state index contributed by atoms with van der Waals surface area (Å²) in [4.78, 5) is 44.7. The summed E-state index contributed by atoms with van der Waals surface area (Å²) < 4.78 is 5.91. The van der Waals surface area contributed by atoms with E-state index >= 15 is 0 Å². The van der Waals surface area contributed by atoms with Gasteiger partial charge in [0.1, 0.15) is 6.54 Å². The van der Waals surface area contributed by atoms with Crippen LogP contribution in [0.3, 0.4) is 0 Å². The van der Waals surface area contributed by atoms with Gasteiger partial charge in [0.2, 0.25) is 5.91 Å². The number of aryl methyl sites for hydroxylation is 1. The minimum atomic E-state index is -0.567. The van der Waals surface area contributed by atoms with E-state index in [-0.39, 0.29) is 17.4 Å². The van der Waals surface area contributed by atoms with Crippen molar-refractivity contribution in [1.29, 1.82) is 0 Å². The molecule has 3 rings (SSSR count). The molecule has 9 heteroatoms. The van der Waals surface area contributed by atoms with Crippen molar-refractivity contribution in [3.05, 3.63) is 63.7 Å². The Hall–Kier alpha value is -3.33. The molecule has 2 aromatic heterocycles. The minimum absolute atomic E-state index is 0.158. The van der Waals surface area contributed by atoms with Crippen molar-refractivity contribution in [2.75, 3.05) is 12.4 Å². The minimum Gasteiger partial charge on any atom is -0.464 e. The van der Waals surface area contributed by atoms with Gasteiger partial charge in [-0.1, -0.05) is 30.3 Å². The van der Waals surface area contributed by atoms with Crippen molar-refractivity contribution in [3.63, 3.8) is 0 Å². The van der Waals surface area contributed by atoms with Crippen molar-refractivity contribution in [2.45, 2.75) is 13.5 Å². The maximum Gasteiger partial charge on any atom is 0.357 e. The highest BCUT2D eigenvalue weighted by atomic mass is 32.1. The molecule has 0 bridgehead atoms. The van der Waals surface area contributed by atoms with Crippen LogP contribution in [-0.2, 0) is 16.1 Å². The lowest BCUT2D eigenvalue weighted by Crippen LogP contribution is -2.27. The van der Waals surface area contributed by atoms with Gasteiger partial charge in [-0.3, -0.25) is 9.59 Å². The average molecular weight is 384 g/mol. The predicted octanol–water partition coefficient (Wildman–Crippen LogP) is 2.10. The molecular formula is C18H16N4O4S. The highest BCUT2D eigenvalue weighted by molar-refractivity contribution is 7.16. The highest BCUT2D eigenvalue weighted by Gasteiger charge is 2.17. The lowest BCUT2D eigenvalue weighted by molar-refractivity contribution is -0.116. The Morgan fingerprint density at radius 2 is 2.00 bits per heavy atom. The highest BCUT2D eigenvalue weighted by Crippen LogP contribution is 2.22. The molecule has 1 N–H and O–H groups in total. The van der Waals surface area contributed by atoms with E-state index in [1.807, 2.05) is 30.3 Å². The summed E-state index contributed by atoms with van der Waals surface area (Å²) in [7, 11) is 1.26. The van der Waals surface area contributed by atoms with Crippen molar-refractivity contribution >= 4 is 28.3 Å². The van der Waals surface area contributed by atoms with E-state index in [9.17, 15) is 14.4 Å². The molecule has 138 valence electrons. The Balaban J connectivity index is 1.77. The number of nitrogens with one attached hydrogen (secondary N) is 1. The molecule has 1 aromatic carbocycles. The molecule has 0 saturated heterocycles. The van der Waals surface area contributed by atoms with Crippen LogP contribution in [0, 0.1) is 6.92 Å². The normalized spacial score (nSPS) is 10.4. The second kappa shape index (κ2) is 7.92. The number of carbonyl (C=O) groups excluding carboxylic acids is 2. The predicted molar refractivity (Wildman–Crippen MR) is 101 cm³/mol. The number of methoxy groups -OCH3 is 1. The summed E-state index contributed by atoms with van der Waals surface area (Å²) >= 11 is 1.16. The van der Waals surface area contributed by atoms with Gasteiger partial charge in [-0.25, -0.2) is 14.8 Å². The van der Waals surface area contributed by atoms with E-state index in [4.69, 9.17) is 0 Å². The Bertz CT molecular complexity index is 1040. The van der Waals surface area contributed by atoms with Crippen molar-refractivity contribution in [3.8, 4) is 11.3 Å². The number of amides is 1. The third kappa shape index (κ3) is 4.26. The summed E-state index contributed by atoms with van der Waals surface area (Å²) in [6.45, 7) is 1.51. The molecule has 0 atom stereocenters. The van der Waals surface area contributed by atoms with Gasteiger partial charge in [0.15, 0.2) is 10.8 Å². The fraction of sp³-hybridized carbons (Fsp3) is 0.167. The molecule has 0 saturated carbocycles. The molecule has 0 aliphatic carbocycles. The zero-order valence-electron chi connectivity index (χ0n) is 14.6. The second-order valence-electron chi connectivity index (χ2n) is 5.57. The number of hydrogen-bond donors (Lipinski definition) is 1. The molecule has 0 radical (unpaired) electrons. The Kier molecular flexibility index (Phi) is 5.41. The van der Waals surface area contributed by atoms with Crippen LogP contribution in [0.15, 0.2) is 47.5 Å². The van der Waals surface area contributed by atoms with Crippen LogP contribution in [0.25, 0.3) is 11.3 Å². The van der Waals surface area contributed by atoms with Gasteiger partial charge in [-0.2, -0.15) is 0 Å². The number of carbonyl (C=O) groups is 2. The van der Waals surface area contributed by atoms with Gasteiger partial charge in [-0.15, -0.1) is 11.3 Å². The maximum atomic E-state index is 12.3. The van der Waals surface area contributed by atoms with E-state index in [0.717, 1.165) is 16.9 Å². The second-order valence-corrected chi connectivity index (χ2v) is 6.77. The zero-order valence-corrected chi connectivity index (χ0v) is 15.4. The molecule has 27 heavy (non-hydrogen) atoms. The lowest BCUT2D eigenvalue weighted by atomic mass is 10.2. The van der Waals surface area contributed by atoms with Crippen LogP contribution in [0.2, 0.25) is 0 Å². The van der Waals surface area contributed by atoms with E-state index in [0.29, 0.717) is 10.6 Å². The molecule has 1 amide bonds. The van der Waals surface area contributed by atoms with Crippen LogP contribution >= 0.6 is 11.3 Å². The van der Waals surface area contributed by atoms with Gasteiger partial charge in [-0.05, 0) is 6.92 Å². The summed E-state index contributed by atoms with van der Waals surface area (Å²) in [6, 6.07) is 9.34. The lowest BCUT2D eigenvalue weighted by Gasteiger charge is -2.07. The van der Waals surface area contributed by atoms with Crippen LogP contribution in [-0.4, -0.2) is 33.5 Å². The molecule has 0 spiro atoms. The number of hydrogen-bond acceptors (Lipinski definition) is 7. The fourth-order valence-corrected chi connectivity index (χ4v) is 3.19. The number of thiazole rings is 1. The summed E-state index contributed by atoms with van der Waals surface area (Å²) in [5, 5.41) is 2.86. The first kappa shape index (κ1) is 18.5.